The second kappa shape index (κ2) is 7.99. The summed E-state index contributed by atoms with van der Waals surface area (Å²) in [6.07, 6.45) is 3.52. The Labute approximate surface area is 152 Å². The summed E-state index contributed by atoms with van der Waals surface area (Å²) >= 11 is 1.37. The summed E-state index contributed by atoms with van der Waals surface area (Å²) in [5, 5.41) is 15.7. The van der Waals surface area contributed by atoms with Gasteiger partial charge in [0.2, 0.25) is 11.1 Å². The minimum atomic E-state index is 0.0512. The van der Waals surface area contributed by atoms with Crippen molar-refractivity contribution in [1.82, 2.24) is 25.5 Å². The number of rotatable bonds is 5. The van der Waals surface area contributed by atoms with Crippen molar-refractivity contribution in [3.05, 3.63) is 29.8 Å². The molecule has 7 heteroatoms. The van der Waals surface area contributed by atoms with Crippen LogP contribution in [0.5, 0.6) is 0 Å². The highest BCUT2D eigenvalue weighted by molar-refractivity contribution is 7.99. The summed E-state index contributed by atoms with van der Waals surface area (Å²) in [7, 11) is 0. The van der Waals surface area contributed by atoms with Crippen LogP contribution in [0.3, 0.4) is 0 Å². The molecule has 1 heterocycles. The fourth-order valence-corrected chi connectivity index (χ4v) is 4.08. The number of tetrazole rings is 1. The van der Waals surface area contributed by atoms with Crippen LogP contribution < -0.4 is 5.32 Å². The molecule has 1 aliphatic carbocycles. The van der Waals surface area contributed by atoms with Gasteiger partial charge in [-0.3, -0.25) is 4.79 Å². The molecule has 1 saturated carbocycles. The van der Waals surface area contributed by atoms with E-state index in [2.05, 4.69) is 34.7 Å². The molecule has 0 saturated heterocycles. The van der Waals surface area contributed by atoms with Gasteiger partial charge in [0.25, 0.3) is 0 Å². The molecule has 1 amide bonds. The lowest BCUT2D eigenvalue weighted by molar-refractivity contribution is -0.120. The standard InChI is InChI=1S/C18H25N5OS/c1-12-8-6-9-15(14(12)3)19-17(24)11-25-18-20-21-22-23(18)16-10-5-4-7-13(16)2/h4-5,7,10,12,14-15H,6,8-9,11H2,1-3H3,(H,19,24)/t12-,14+,15-/m0/s1. The van der Waals surface area contributed by atoms with E-state index in [1.807, 2.05) is 31.2 Å². The molecular formula is C18H25N5OS. The van der Waals surface area contributed by atoms with Crippen molar-refractivity contribution in [2.45, 2.75) is 51.2 Å². The van der Waals surface area contributed by atoms with Crippen molar-refractivity contribution in [3.8, 4) is 5.69 Å². The van der Waals surface area contributed by atoms with Gasteiger partial charge in [0, 0.05) is 6.04 Å². The molecule has 0 spiro atoms. The zero-order valence-electron chi connectivity index (χ0n) is 15.0. The number of para-hydroxylation sites is 1. The van der Waals surface area contributed by atoms with Crippen LogP contribution in [-0.2, 0) is 4.79 Å². The third-order valence-electron chi connectivity index (χ3n) is 5.17. The van der Waals surface area contributed by atoms with Gasteiger partial charge in [-0.2, -0.15) is 4.68 Å². The number of nitrogens with zero attached hydrogens (tertiary/aromatic N) is 4. The Morgan fingerprint density at radius 1 is 1.32 bits per heavy atom. The van der Waals surface area contributed by atoms with Crippen molar-refractivity contribution >= 4 is 17.7 Å². The number of thioether (sulfide) groups is 1. The maximum Gasteiger partial charge on any atom is 0.230 e. The largest absolute Gasteiger partial charge is 0.352 e. The third-order valence-corrected chi connectivity index (χ3v) is 6.09. The van der Waals surface area contributed by atoms with Gasteiger partial charge in [0.15, 0.2) is 0 Å². The minimum absolute atomic E-state index is 0.0512. The predicted molar refractivity (Wildman–Crippen MR) is 98.7 cm³/mol. The molecule has 0 bridgehead atoms. The van der Waals surface area contributed by atoms with Crippen molar-refractivity contribution in [2.75, 3.05) is 5.75 Å². The Kier molecular flexibility index (Phi) is 5.73. The molecule has 1 aromatic carbocycles. The first-order valence-electron chi connectivity index (χ1n) is 8.83. The molecular weight excluding hydrogens is 334 g/mol. The first-order chi connectivity index (χ1) is 12.1. The monoisotopic (exact) mass is 359 g/mol. The summed E-state index contributed by atoms with van der Waals surface area (Å²) < 4.78 is 1.69. The summed E-state index contributed by atoms with van der Waals surface area (Å²) in [6.45, 7) is 6.53. The van der Waals surface area contributed by atoms with E-state index >= 15 is 0 Å². The Bertz CT molecular complexity index is 732. The molecule has 1 fully saturated rings. The number of aryl methyl sites for hydroxylation is 1. The quantitative estimate of drug-likeness (QED) is 0.831. The first-order valence-corrected chi connectivity index (χ1v) is 9.81. The van der Waals surface area contributed by atoms with Crippen LogP contribution in [0.4, 0.5) is 0 Å². The topological polar surface area (TPSA) is 72.7 Å². The summed E-state index contributed by atoms with van der Waals surface area (Å²) in [5.74, 6) is 1.57. The highest BCUT2D eigenvalue weighted by atomic mass is 32.2. The van der Waals surface area contributed by atoms with Crippen LogP contribution in [0.2, 0.25) is 0 Å². The Morgan fingerprint density at radius 2 is 2.12 bits per heavy atom. The molecule has 0 aliphatic heterocycles. The molecule has 1 N–H and O–H groups in total. The van der Waals surface area contributed by atoms with E-state index in [1.54, 1.807) is 4.68 Å². The molecule has 3 rings (SSSR count). The molecule has 2 aromatic rings. The van der Waals surface area contributed by atoms with Gasteiger partial charge in [0.1, 0.15) is 0 Å². The van der Waals surface area contributed by atoms with Crippen LogP contribution >= 0.6 is 11.8 Å². The van der Waals surface area contributed by atoms with Gasteiger partial charge in [0.05, 0.1) is 11.4 Å². The van der Waals surface area contributed by atoms with Gasteiger partial charge in [-0.25, -0.2) is 0 Å². The third kappa shape index (κ3) is 4.21. The first kappa shape index (κ1) is 17.9. The Hall–Kier alpha value is -1.89. The van der Waals surface area contributed by atoms with Crippen molar-refractivity contribution < 1.29 is 4.79 Å². The van der Waals surface area contributed by atoms with Crippen molar-refractivity contribution in [3.63, 3.8) is 0 Å². The summed E-state index contributed by atoms with van der Waals surface area (Å²) in [5.41, 5.74) is 2.02. The van der Waals surface area contributed by atoms with Crippen LogP contribution in [0.1, 0.15) is 38.7 Å². The molecule has 0 unspecified atom stereocenters. The average molecular weight is 359 g/mol. The maximum atomic E-state index is 12.4. The number of hydrogen-bond acceptors (Lipinski definition) is 5. The zero-order valence-corrected chi connectivity index (χ0v) is 15.8. The number of aromatic nitrogens is 4. The molecule has 6 nitrogen and oxygen atoms in total. The van der Waals surface area contributed by atoms with Gasteiger partial charge in [-0.15, -0.1) is 5.10 Å². The zero-order chi connectivity index (χ0) is 17.8. The Balaban J connectivity index is 1.60. The molecule has 134 valence electrons. The lowest BCUT2D eigenvalue weighted by Gasteiger charge is -2.34. The van der Waals surface area contributed by atoms with E-state index in [9.17, 15) is 4.79 Å². The van der Waals surface area contributed by atoms with Crippen molar-refractivity contribution in [1.29, 1.82) is 0 Å². The van der Waals surface area contributed by atoms with Crippen LogP contribution in [0.15, 0.2) is 29.4 Å². The molecule has 1 aromatic heterocycles. The van der Waals surface area contributed by atoms with Gasteiger partial charge < -0.3 is 5.32 Å². The van der Waals surface area contributed by atoms with Gasteiger partial charge >= 0.3 is 0 Å². The SMILES string of the molecule is Cc1ccccc1-n1nnnc1SCC(=O)N[C@H]1CCC[C@H](C)[C@H]1C. The normalized spacial score (nSPS) is 23.4. The second-order valence-corrected chi connectivity index (χ2v) is 7.83. The van der Waals surface area contributed by atoms with E-state index < -0.39 is 0 Å². The van der Waals surface area contributed by atoms with E-state index in [1.165, 1.54) is 24.6 Å². The number of amides is 1. The van der Waals surface area contributed by atoms with Gasteiger partial charge in [-0.1, -0.05) is 56.7 Å². The average Bonchev–Trinajstić information content (AvgIpc) is 3.06. The van der Waals surface area contributed by atoms with E-state index in [0.29, 0.717) is 22.7 Å². The number of carbonyl (C=O) groups excluding carboxylic acids is 1. The smallest absolute Gasteiger partial charge is 0.230 e. The lowest BCUT2D eigenvalue weighted by Crippen LogP contribution is -2.44. The van der Waals surface area contributed by atoms with E-state index in [4.69, 9.17) is 0 Å². The fraction of sp³-hybridized carbons (Fsp3) is 0.556. The highest BCUT2D eigenvalue weighted by Gasteiger charge is 2.28. The maximum absolute atomic E-state index is 12.4. The van der Waals surface area contributed by atoms with Gasteiger partial charge in [-0.05, 0) is 47.2 Å². The molecule has 0 radical (unpaired) electrons. The van der Waals surface area contributed by atoms with Crippen molar-refractivity contribution in [2.24, 2.45) is 11.8 Å². The van der Waals surface area contributed by atoms with E-state index in [-0.39, 0.29) is 11.9 Å². The number of nitrogens with one attached hydrogen (secondary N) is 1. The highest BCUT2D eigenvalue weighted by Crippen LogP contribution is 2.29. The van der Waals surface area contributed by atoms with Crippen LogP contribution in [0.25, 0.3) is 5.69 Å². The molecule has 3 atom stereocenters. The van der Waals surface area contributed by atoms with Crippen LogP contribution in [-0.4, -0.2) is 37.9 Å². The number of benzene rings is 1. The summed E-state index contributed by atoms with van der Waals surface area (Å²) in [6, 6.07) is 8.21. The fourth-order valence-electron chi connectivity index (χ4n) is 3.39. The number of carbonyl (C=O) groups is 1. The second-order valence-electron chi connectivity index (χ2n) is 6.89. The Morgan fingerprint density at radius 3 is 2.92 bits per heavy atom. The number of hydrogen-bond donors (Lipinski definition) is 1. The van der Waals surface area contributed by atoms with E-state index in [0.717, 1.165) is 17.7 Å². The predicted octanol–water partition coefficient (Wildman–Crippen LogP) is 3.00. The molecule has 25 heavy (non-hydrogen) atoms. The van der Waals surface area contributed by atoms with Crippen LogP contribution in [0, 0.1) is 18.8 Å². The minimum Gasteiger partial charge on any atom is -0.352 e. The summed E-state index contributed by atoms with van der Waals surface area (Å²) in [4.78, 5) is 12.4. The lowest BCUT2D eigenvalue weighted by atomic mass is 9.78. The molecule has 1 aliphatic rings.